The highest BCUT2D eigenvalue weighted by Crippen LogP contribution is 2.18. The number of nitrogens with zero attached hydrogens (tertiary/aromatic N) is 1. The zero-order valence-corrected chi connectivity index (χ0v) is 10.8. The highest BCUT2D eigenvalue weighted by molar-refractivity contribution is 5.77. The van der Waals surface area contributed by atoms with Crippen molar-refractivity contribution in [3.05, 3.63) is 29.8 Å². The summed E-state index contributed by atoms with van der Waals surface area (Å²) >= 11 is 0. The molecule has 98 valence electrons. The molecule has 0 aliphatic carbocycles. The van der Waals surface area contributed by atoms with Crippen LogP contribution in [-0.4, -0.2) is 30.1 Å². The Morgan fingerprint density at radius 3 is 2.94 bits per heavy atom. The highest BCUT2D eigenvalue weighted by Gasteiger charge is 2.31. The summed E-state index contributed by atoms with van der Waals surface area (Å²) in [6.07, 6.45) is 1.81. The minimum atomic E-state index is -0.0913. The minimum Gasteiger partial charge on any atom is -0.464 e. The van der Waals surface area contributed by atoms with E-state index < -0.39 is 0 Å². The third kappa shape index (κ3) is 3.01. The molecule has 4 heteroatoms. The summed E-state index contributed by atoms with van der Waals surface area (Å²) in [5.41, 5.74) is 7.68. The standard InChI is InChI=1S/C14H20N2O2/c1-2-7-16(13-6-8-18-14(13)17)10-11-4-3-5-12(15)9-11/h3-5,9,13H,2,6-8,10,15H2,1H3. The summed E-state index contributed by atoms with van der Waals surface area (Å²) < 4.78 is 5.05. The zero-order valence-electron chi connectivity index (χ0n) is 10.8. The largest absolute Gasteiger partial charge is 0.464 e. The first-order valence-electron chi connectivity index (χ1n) is 6.46. The van der Waals surface area contributed by atoms with Gasteiger partial charge in [0.25, 0.3) is 0 Å². The molecule has 1 aromatic carbocycles. The second-order valence-corrected chi connectivity index (χ2v) is 4.69. The number of nitrogens with two attached hydrogens (primary N) is 1. The van der Waals surface area contributed by atoms with Gasteiger partial charge in [-0.1, -0.05) is 19.1 Å². The quantitative estimate of drug-likeness (QED) is 0.637. The molecule has 0 radical (unpaired) electrons. The van der Waals surface area contributed by atoms with E-state index in [-0.39, 0.29) is 12.0 Å². The van der Waals surface area contributed by atoms with E-state index in [9.17, 15) is 4.79 Å². The number of hydrogen-bond acceptors (Lipinski definition) is 4. The van der Waals surface area contributed by atoms with Crippen LogP contribution in [0.25, 0.3) is 0 Å². The fourth-order valence-electron chi connectivity index (χ4n) is 2.38. The number of carbonyl (C=O) groups excluding carboxylic acids is 1. The van der Waals surface area contributed by atoms with Crippen molar-refractivity contribution in [2.75, 3.05) is 18.9 Å². The van der Waals surface area contributed by atoms with Crippen LogP contribution in [0.15, 0.2) is 24.3 Å². The number of hydrogen-bond donors (Lipinski definition) is 1. The predicted molar refractivity (Wildman–Crippen MR) is 70.9 cm³/mol. The van der Waals surface area contributed by atoms with Crippen molar-refractivity contribution in [2.45, 2.75) is 32.4 Å². The van der Waals surface area contributed by atoms with E-state index in [1.807, 2.05) is 24.3 Å². The summed E-state index contributed by atoms with van der Waals surface area (Å²) in [5, 5.41) is 0. The smallest absolute Gasteiger partial charge is 0.323 e. The number of benzene rings is 1. The molecule has 1 fully saturated rings. The lowest BCUT2D eigenvalue weighted by Gasteiger charge is -2.25. The van der Waals surface area contributed by atoms with Crippen LogP contribution < -0.4 is 5.73 Å². The number of nitrogen functional groups attached to an aromatic ring is 1. The first kappa shape index (κ1) is 12.9. The van der Waals surface area contributed by atoms with Crippen LogP contribution >= 0.6 is 0 Å². The number of ether oxygens (including phenoxy) is 1. The van der Waals surface area contributed by atoms with E-state index in [4.69, 9.17) is 10.5 Å². The molecule has 1 saturated heterocycles. The Bertz CT molecular complexity index is 420. The van der Waals surface area contributed by atoms with Gasteiger partial charge in [0.2, 0.25) is 0 Å². The van der Waals surface area contributed by atoms with E-state index in [0.29, 0.717) is 6.61 Å². The summed E-state index contributed by atoms with van der Waals surface area (Å²) in [6.45, 7) is 4.31. The Hall–Kier alpha value is -1.55. The molecule has 1 aromatic rings. The van der Waals surface area contributed by atoms with Gasteiger partial charge >= 0.3 is 5.97 Å². The Morgan fingerprint density at radius 2 is 2.33 bits per heavy atom. The van der Waals surface area contributed by atoms with E-state index in [2.05, 4.69) is 11.8 Å². The maximum absolute atomic E-state index is 11.7. The molecular formula is C14H20N2O2. The lowest BCUT2D eigenvalue weighted by Crippen LogP contribution is -2.38. The molecule has 1 heterocycles. The van der Waals surface area contributed by atoms with Gasteiger partial charge in [0.05, 0.1) is 6.61 Å². The maximum atomic E-state index is 11.7. The monoisotopic (exact) mass is 248 g/mol. The summed E-state index contributed by atoms with van der Waals surface area (Å²) in [5.74, 6) is -0.0904. The first-order valence-corrected chi connectivity index (χ1v) is 6.46. The fourth-order valence-corrected chi connectivity index (χ4v) is 2.38. The van der Waals surface area contributed by atoms with Crippen molar-refractivity contribution < 1.29 is 9.53 Å². The lowest BCUT2D eigenvalue weighted by atomic mass is 10.1. The fraction of sp³-hybridized carbons (Fsp3) is 0.500. The Balaban J connectivity index is 2.08. The molecule has 1 atom stereocenters. The average Bonchev–Trinajstić information content (AvgIpc) is 2.75. The second kappa shape index (κ2) is 5.87. The number of esters is 1. The van der Waals surface area contributed by atoms with E-state index in [1.54, 1.807) is 0 Å². The topological polar surface area (TPSA) is 55.6 Å². The number of cyclic esters (lactones) is 1. The SMILES string of the molecule is CCCN(Cc1cccc(N)c1)C1CCOC1=O. The van der Waals surface area contributed by atoms with Gasteiger partial charge in [0.15, 0.2) is 0 Å². The molecule has 4 nitrogen and oxygen atoms in total. The van der Waals surface area contributed by atoms with Gasteiger partial charge in [0.1, 0.15) is 6.04 Å². The van der Waals surface area contributed by atoms with Crippen LogP contribution in [0.4, 0.5) is 5.69 Å². The maximum Gasteiger partial charge on any atom is 0.323 e. The first-order chi connectivity index (χ1) is 8.70. The zero-order chi connectivity index (χ0) is 13.0. The van der Waals surface area contributed by atoms with Crippen molar-refractivity contribution in [1.29, 1.82) is 0 Å². The van der Waals surface area contributed by atoms with Crippen molar-refractivity contribution in [2.24, 2.45) is 0 Å². The van der Waals surface area contributed by atoms with E-state index in [1.165, 1.54) is 0 Å². The van der Waals surface area contributed by atoms with Gasteiger partial charge in [-0.2, -0.15) is 0 Å². The van der Waals surface area contributed by atoms with E-state index in [0.717, 1.165) is 37.2 Å². The molecule has 0 saturated carbocycles. The van der Waals surface area contributed by atoms with Crippen molar-refractivity contribution in [1.82, 2.24) is 4.90 Å². The number of carbonyl (C=O) groups is 1. The molecule has 1 aliphatic rings. The van der Waals surface area contributed by atoms with Gasteiger partial charge in [-0.3, -0.25) is 9.69 Å². The molecule has 0 spiro atoms. The van der Waals surface area contributed by atoms with Crippen molar-refractivity contribution in [3.63, 3.8) is 0 Å². The number of rotatable bonds is 5. The van der Waals surface area contributed by atoms with Gasteiger partial charge in [0, 0.05) is 18.7 Å². The molecule has 0 aromatic heterocycles. The van der Waals surface area contributed by atoms with Gasteiger partial charge in [-0.25, -0.2) is 0 Å². The molecule has 18 heavy (non-hydrogen) atoms. The third-order valence-corrected chi connectivity index (χ3v) is 3.20. The molecule has 1 unspecified atom stereocenters. The predicted octanol–water partition coefficient (Wildman–Crippen LogP) is 1.80. The second-order valence-electron chi connectivity index (χ2n) is 4.69. The summed E-state index contributed by atoms with van der Waals surface area (Å²) in [7, 11) is 0. The van der Waals surface area contributed by atoms with Gasteiger partial charge in [-0.15, -0.1) is 0 Å². The summed E-state index contributed by atoms with van der Waals surface area (Å²) in [6, 6.07) is 7.73. The van der Waals surface area contributed by atoms with Crippen LogP contribution in [0, 0.1) is 0 Å². The molecule has 2 N–H and O–H groups in total. The van der Waals surface area contributed by atoms with Gasteiger partial charge in [-0.05, 0) is 30.7 Å². The van der Waals surface area contributed by atoms with Crippen LogP contribution in [-0.2, 0) is 16.1 Å². The van der Waals surface area contributed by atoms with Crippen LogP contribution in [0.5, 0.6) is 0 Å². The van der Waals surface area contributed by atoms with Crippen molar-refractivity contribution in [3.8, 4) is 0 Å². The number of anilines is 1. The van der Waals surface area contributed by atoms with Crippen LogP contribution in [0.2, 0.25) is 0 Å². The van der Waals surface area contributed by atoms with Crippen LogP contribution in [0.3, 0.4) is 0 Å². The molecule has 2 rings (SSSR count). The molecule has 0 bridgehead atoms. The Labute approximate surface area is 108 Å². The Morgan fingerprint density at radius 1 is 1.50 bits per heavy atom. The summed E-state index contributed by atoms with van der Waals surface area (Å²) in [4.78, 5) is 13.8. The average molecular weight is 248 g/mol. The Kier molecular flexibility index (Phi) is 4.20. The molecular weight excluding hydrogens is 228 g/mol. The van der Waals surface area contributed by atoms with Crippen LogP contribution in [0.1, 0.15) is 25.3 Å². The molecule has 0 amide bonds. The normalized spacial score (nSPS) is 19.2. The van der Waals surface area contributed by atoms with Gasteiger partial charge < -0.3 is 10.5 Å². The molecule has 1 aliphatic heterocycles. The minimum absolute atomic E-state index is 0.0904. The van der Waals surface area contributed by atoms with E-state index >= 15 is 0 Å². The third-order valence-electron chi connectivity index (χ3n) is 3.20. The lowest BCUT2D eigenvalue weighted by molar-refractivity contribution is -0.142. The highest BCUT2D eigenvalue weighted by atomic mass is 16.5. The van der Waals surface area contributed by atoms with Crippen molar-refractivity contribution >= 4 is 11.7 Å².